The average molecular weight is 279 g/mol. The van der Waals surface area contributed by atoms with Crippen molar-refractivity contribution in [3.63, 3.8) is 0 Å². The van der Waals surface area contributed by atoms with Gasteiger partial charge in [-0.05, 0) is 35.9 Å². The third kappa shape index (κ3) is 3.67. The number of halogens is 2. The summed E-state index contributed by atoms with van der Waals surface area (Å²) in [7, 11) is 1.98. The Morgan fingerprint density at radius 3 is 2.79 bits per heavy atom. The molecule has 0 aliphatic heterocycles. The van der Waals surface area contributed by atoms with E-state index in [0.717, 1.165) is 29.9 Å². The van der Waals surface area contributed by atoms with Crippen LogP contribution in [0.2, 0.25) is 0 Å². The van der Waals surface area contributed by atoms with Crippen LogP contribution in [-0.4, -0.2) is 18.6 Å². The number of alkyl halides is 1. The number of rotatable bonds is 5. The zero-order valence-corrected chi connectivity index (χ0v) is 11.6. The summed E-state index contributed by atoms with van der Waals surface area (Å²) >= 11 is 5.86. The summed E-state index contributed by atoms with van der Waals surface area (Å²) in [4.78, 5) is 6.36. The van der Waals surface area contributed by atoms with Crippen molar-refractivity contribution in [1.82, 2.24) is 4.98 Å². The minimum Gasteiger partial charge on any atom is -0.374 e. The van der Waals surface area contributed by atoms with E-state index < -0.39 is 0 Å². The molecule has 0 saturated heterocycles. The van der Waals surface area contributed by atoms with Crippen molar-refractivity contribution in [2.24, 2.45) is 0 Å². The molecular weight excluding hydrogens is 263 g/mol. The van der Waals surface area contributed by atoms with Crippen LogP contribution in [0.15, 0.2) is 42.6 Å². The fourth-order valence-electron chi connectivity index (χ4n) is 1.98. The molecule has 0 spiro atoms. The molecule has 19 heavy (non-hydrogen) atoms. The molecule has 2 nitrogen and oxygen atoms in total. The van der Waals surface area contributed by atoms with Crippen molar-refractivity contribution in [2.45, 2.75) is 12.3 Å². The van der Waals surface area contributed by atoms with Crippen LogP contribution in [0.25, 0.3) is 0 Å². The third-order valence-corrected chi connectivity index (χ3v) is 3.31. The average Bonchev–Trinajstić information content (AvgIpc) is 2.45. The Morgan fingerprint density at radius 2 is 2.11 bits per heavy atom. The van der Waals surface area contributed by atoms with Gasteiger partial charge in [-0.3, -0.25) is 4.98 Å². The number of nitrogens with zero attached hydrogens (tertiary/aromatic N) is 2. The van der Waals surface area contributed by atoms with Gasteiger partial charge in [-0.25, -0.2) is 4.39 Å². The fraction of sp³-hybridized carbons (Fsp3) is 0.267. The Balaban J connectivity index is 2.05. The van der Waals surface area contributed by atoms with Crippen LogP contribution in [0.5, 0.6) is 0 Å². The lowest BCUT2D eigenvalue weighted by molar-refractivity contribution is 0.626. The van der Waals surface area contributed by atoms with Gasteiger partial charge < -0.3 is 4.90 Å². The molecular formula is C15H16ClFN2. The molecule has 0 unspecified atom stereocenters. The Hall–Kier alpha value is -1.61. The van der Waals surface area contributed by atoms with Gasteiger partial charge in [-0.15, -0.1) is 11.6 Å². The zero-order valence-electron chi connectivity index (χ0n) is 10.8. The molecule has 0 aliphatic rings. The summed E-state index contributed by atoms with van der Waals surface area (Å²) in [5.41, 5.74) is 2.82. The summed E-state index contributed by atoms with van der Waals surface area (Å²) in [5, 5.41) is 0. The van der Waals surface area contributed by atoms with Crippen molar-refractivity contribution < 1.29 is 4.39 Å². The third-order valence-electron chi connectivity index (χ3n) is 3.03. The molecule has 100 valence electrons. The van der Waals surface area contributed by atoms with Crippen LogP contribution in [0.1, 0.15) is 11.3 Å². The summed E-state index contributed by atoms with van der Waals surface area (Å²) in [6.45, 7) is 0.812. The quantitative estimate of drug-likeness (QED) is 0.777. The van der Waals surface area contributed by atoms with Crippen molar-refractivity contribution in [2.75, 3.05) is 18.5 Å². The first-order chi connectivity index (χ1) is 9.20. The first-order valence-corrected chi connectivity index (χ1v) is 6.69. The highest BCUT2D eigenvalue weighted by Gasteiger charge is 2.08. The lowest BCUT2D eigenvalue weighted by Gasteiger charge is -2.21. The van der Waals surface area contributed by atoms with Gasteiger partial charge in [-0.2, -0.15) is 0 Å². The second kappa shape index (κ2) is 6.53. The lowest BCUT2D eigenvalue weighted by atomic mass is 10.1. The SMILES string of the molecule is CN(CCc1ccccn1)c1ccc(F)cc1CCl. The summed E-state index contributed by atoms with van der Waals surface area (Å²) < 4.78 is 13.2. The van der Waals surface area contributed by atoms with Crippen LogP contribution in [0.4, 0.5) is 10.1 Å². The molecule has 0 bridgehead atoms. The van der Waals surface area contributed by atoms with E-state index in [9.17, 15) is 4.39 Å². The van der Waals surface area contributed by atoms with Crippen molar-refractivity contribution in [3.05, 3.63) is 59.7 Å². The Morgan fingerprint density at radius 1 is 1.26 bits per heavy atom. The largest absolute Gasteiger partial charge is 0.374 e. The van der Waals surface area contributed by atoms with Gasteiger partial charge in [0.2, 0.25) is 0 Å². The minimum atomic E-state index is -0.252. The Labute approximate surface area is 117 Å². The van der Waals surface area contributed by atoms with E-state index in [2.05, 4.69) is 9.88 Å². The van der Waals surface area contributed by atoms with E-state index in [1.54, 1.807) is 12.3 Å². The summed E-state index contributed by atoms with van der Waals surface area (Å²) in [6.07, 6.45) is 2.63. The smallest absolute Gasteiger partial charge is 0.123 e. The van der Waals surface area contributed by atoms with Gasteiger partial charge in [0, 0.05) is 43.5 Å². The number of aromatic nitrogens is 1. The maximum absolute atomic E-state index is 13.2. The lowest BCUT2D eigenvalue weighted by Crippen LogP contribution is -2.21. The van der Waals surface area contributed by atoms with Crippen LogP contribution in [0.3, 0.4) is 0 Å². The number of hydrogen-bond acceptors (Lipinski definition) is 2. The highest BCUT2D eigenvalue weighted by atomic mass is 35.5. The molecule has 0 atom stereocenters. The highest BCUT2D eigenvalue weighted by Crippen LogP contribution is 2.22. The minimum absolute atomic E-state index is 0.252. The molecule has 2 aromatic rings. The molecule has 4 heteroatoms. The zero-order chi connectivity index (χ0) is 13.7. The molecule has 0 radical (unpaired) electrons. The number of benzene rings is 1. The monoisotopic (exact) mass is 278 g/mol. The number of anilines is 1. The maximum Gasteiger partial charge on any atom is 0.123 e. The van der Waals surface area contributed by atoms with Crippen LogP contribution in [0, 0.1) is 5.82 Å². The van der Waals surface area contributed by atoms with E-state index in [1.165, 1.54) is 12.1 Å². The second-order valence-electron chi connectivity index (χ2n) is 4.40. The maximum atomic E-state index is 13.2. The van der Waals surface area contributed by atoms with E-state index in [-0.39, 0.29) is 5.82 Å². The Kier molecular flexibility index (Phi) is 4.74. The predicted octanol–water partition coefficient (Wildman–Crippen LogP) is 3.64. The van der Waals surface area contributed by atoms with Gasteiger partial charge in [0.15, 0.2) is 0 Å². The predicted molar refractivity (Wildman–Crippen MR) is 77.2 cm³/mol. The topological polar surface area (TPSA) is 16.1 Å². The normalized spacial score (nSPS) is 10.5. The molecule has 1 heterocycles. The molecule has 1 aromatic heterocycles. The molecule has 0 amide bonds. The number of likely N-dealkylation sites (N-methyl/N-ethyl adjacent to an activating group) is 1. The first kappa shape index (κ1) is 13.8. The molecule has 1 aromatic carbocycles. The second-order valence-corrected chi connectivity index (χ2v) is 4.67. The van der Waals surface area contributed by atoms with Crippen LogP contribution < -0.4 is 4.90 Å². The van der Waals surface area contributed by atoms with E-state index in [1.807, 2.05) is 25.2 Å². The van der Waals surface area contributed by atoms with Gasteiger partial charge in [-0.1, -0.05) is 6.07 Å². The molecule has 0 aliphatic carbocycles. The van der Waals surface area contributed by atoms with E-state index >= 15 is 0 Å². The van der Waals surface area contributed by atoms with E-state index in [4.69, 9.17) is 11.6 Å². The standard InChI is InChI=1S/C15H16ClFN2/c1-19(9-7-14-4-2-3-8-18-14)15-6-5-13(17)10-12(15)11-16/h2-6,8,10H,7,9,11H2,1H3. The number of pyridine rings is 1. The molecule has 0 N–H and O–H groups in total. The van der Waals surface area contributed by atoms with Gasteiger partial charge in [0.1, 0.15) is 5.82 Å². The molecule has 0 saturated carbocycles. The van der Waals surface area contributed by atoms with Gasteiger partial charge in [0.05, 0.1) is 0 Å². The Bertz CT molecular complexity index is 531. The number of hydrogen-bond donors (Lipinski definition) is 0. The first-order valence-electron chi connectivity index (χ1n) is 6.16. The van der Waals surface area contributed by atoms with Crippen molar-refractivity contribution in [1.29, 1.82) is 0 Å². The summed E-state index contributed by atoms with van der Waals surface area (Å²) in [5.74, 6) is 0.0543. The summed E-state index contributed by atoms with van der Waals surface area (Å²) in [6, 6.07) is 10.6. The van der Waals surface area contributed by atoms with Crippen molar-refractivity contribution in [3.8, 4) is 0 Å². The van der Waals surface area contributed by atoms with Gasteiger partial charge in [0.25, 0.3) is 0 Å². The van der Waals surface area contributed by atoms with Crippen LogP contribution >= 0.6 is 11.6 Å². The highest BCUT2D eigenvalue weighted by molar-refractivity contribution is 6.17. The van der Waals surface area contributed by atoms with Crippen LogP contribution in [-0.2, 0) is 12.3 Å². The van der Waals surface area contributed by atoms with Crippen molar-refractivity contribution >= 4 is 17.3 Å². The van der Waals surface area contributed by atoms with E-state index in [0.29, 0.717) is 5.88 Å². The molecule has 2 rings (SSSR count). The fourth-order valence-corrected chi connectivity index (χ4v) is 2.20. The molecule has 0 fully saturated rings. The van der Waals surface area contributed by atoms with Gasteiger partial charge >= 0.3 is 0 Å².